The average molecular weight is 559 g/mol. The smallest absolute Gasteiger partial charge is 0.407 e. The van der Waals surface area contributed by atoms with Gasteiger partial charge in [0.25, 0.3) is 0 Å². The Kier molecular flexibility index (Phi) is 9.67. The van der Waals surface area contributed by atoms with Crippen LogP contribution in [0.4, 0.5) is 4.79 Å². The molecular formula is C25H39IN2O4. The van der Waals surface area contributed by atoms with Gasteiger partial charge >= 0.3 is 6.09 Å². The lowest BCUT2D eigenvalue weighted by atomic mass is 9.85. The van der Waals surface area contributed by atoms with E-state index in [1.807, 2.05) is 58.9 Å². The molecule has 1 aliphatic rings. The van der Waals surface area contributed by atoms with Crippen molar-refractivity contribution >= 4 is 34.6 Å². The van der Waals surface area contributed by atoms with E-state index in [1.165, 1.54) is 0 Å². The van der Waals surface area contributed by atoms with Crippen molar-refractivity contribution in [3.63, 3.8) is 0 Å². The normalized spacial score (nSPS) is 19.2. The predicted octanol–water partition coefficient (Wildman–Crippen LogP) is 5.71. The molecule has 2 rings (SSSR count). The molecule has 2 amide bonds. The zero-order valence-corrected chi connectivity index (χ0v) is 22.5. The molecule has 0 bridgehead atoms. The number of hydrogen-bond acceptors (Lipinski definition) is 4. The van der Waals surface area contributed by atoms with E-state index >= 15 is 0 Å². The Morgan fingerprint density at radius 2 is 1.66 bits per heavy atom. The first-order chi connectivity index (χ1) is 14.9. The second kappa shape index (κ2) is 11.6. The highest BCUT2D eigenvalue weighted by Crippen LogP contribution is 2.32. The molecule has 0 radical (unpaired) electrons. The lowest BCUT2D eigenvalue weighted by Gasteiger charge is -2.41. The molecule has 1 aromatic carbocycles. The van der Waals surface area contributed by atoms with Crippen LogP contribution < -0.4 is 10.1 Å². The minimum Gasteiger partial charge on any atom is -0.497 e. The number of halogens is 1. The Bertz CT molecular complexity index is 750. The van der Waals surface area contributed by atoms with Gasteiger partial charge in [-0.3, -0.25) is 4.79 Å². The number of alkyl carbamates (subject to hydrolysis) is 1. The van der Waals surface area contributed by atoms with Crippen molar-refractivity contribution < 1.29 is 19.1 Å². The summed E-state index contributed by atoms with van der Waals surface area (Å²) in [5, 5.41) is 3.00. The van der Waals surface area contributed by atoms with Crippen LogP contribution in [0, 0.1) is 5.41 Å². The van der Waals surface area contributed by atoms with Gasteiger partial charge in [-0.05, 0) is 70.6 Å². The van der Waals surface area contributed by atoms with Crippen molar-refractivity contribution in [2.24, 2.45) is 5.41 Å². The fraction of sp³-hybridized carbons (Fsp3) is 0.680. The zero-order valence-electron chi connectivity index (χ0n) is 20.4. The summed E-state index contributed by atoms with van der Waals surface area (Å²) in [7, 11) is 1.65. The average Bonchev–Trinajstić information content (AvgIpc) is 2.71. The van der Waals surface area contributed by atoms with Crippen LogP contribution in [0.15, 0.2) is 24.3 Å². The number of alkyl halides is 1. The lowest BCUT2D eigenvalue weighted by molar-refractivity contribution is -0.144. The lowest BCUT2D eigenvalue weighted by Crippen LogP contribution is -2.50. The van der Waals surface area contributed by atoms with Crippen LogP contribution in [-0.2, 0) is 16.1 Å². The molecule has 0 heterocycles. The largest absolute Gasteiger partial charge is 0.497 e. The Hall–Kier alpha value is -1.51. The first-order valence-electron chi connectivity index (χ1n) is 11.4. The first kappa shape index (κ1) is 26.7. The number of methoxy groups -OCH3 is 1. The van der Waals surface area contributed by atoms with Gasteiger partial charge in [0.1, 0.15) is 11.4 Å². The van der Waals surface area contributed by atoms with Gasteiger partial charge in [0.05, 0.1) is 7.11 Å². The van der Waals surface area contributed by atoms with Crippen LogP contribution in [0.25, 0.3) is 0 Å². The monoisotopic (exact) mass is 558 g/mol. The minimum atomic E-state index is -0.507. The molecule has 7 heteroatoms. The quantitative estimate of drug-likeness (QED) is 0.328. The summed E-state index contributed by atoms with van der Waals surface area (Å²) in [6.07, 6.45) is 3.88. The highest BCUT2D eigenvalue weighted by atomic mass is 127. The Balaban J connectivity index is 2.09. The highest BCUT2D eigenvalue weighted by Gasteiger charge is 2.37. The van der Waals surface area contributed by atoms with Crippen molar-refractivity contribution in [2.75, 3.05) is 11.5 Å². The van der Waals surface area contributed by atoms with Gasteiger partial charge in [0.2, 0.25) is 5.91 Å². The predicted molar refractivity (Wildman–Crippen MR) is 136 cm³/mol. The third-order valence-corrected chi connectivity index (χ3v) is 6.47. The van der Waals surface area contributed by atoms with Crippen molar-refractivity contribution in [1.29, 1.82) is 0 Å². The van der Waals surface area contributed by atoms with E-state index in [0.29, 0.717) is 6.54 Å². The number of ether oxygens (including phenoxy) is 2. The molecule has 0 spiro atoms. The van der Waals surface area contributed by atoms with E-state index in [1.54, 1.807) is 7.11 Å². The standard InChI is InChI=1S/C25H39IN2O4/c1-24(2,3)32-23(30)27-19-9-11-20(12-10-19)28(22(29)25(4,5)15-16-26)17-18-7-13-21(31-6)14-8-18/h7-8,13-14,19-20H,9-12,15-17H2,1-6H3,(H,27,30)/t19-,20-. The molecule has 6 nitrogen and oxygen atoms in total. The summed E-state index contributed by atoms with van der Waals surface area (Å²) in [5.41, 5.74) is 0.185. The van der Waals surface area contributed by atoms with Crippen molar-refractivity contribution in [1.82, 2.24) is 10.2 Å². The highest BCUT2D eigenvalue weighted by molar-refractivity contribution is 14.1. The van der Waals surface area contributed by atoms with Crippen LogP contribution in [0.5, 0.6) is 5.75 Å². The van der Waals surface area contributed by atoms with Crippen LogP contribution >= 0.6 is 22.6 Å². The number of carbonyl (C=O) groups is 2. The number of hydrogen-bond donors (Lipinski definition) is 1. The van der Waals surface area contributed by atoms with Gasteiger partial charge in [0, 0.05) is 28.5 Å². The Morgan fingerprint density at radius 1 is 1.06 bits per heavy atom. The van der Waals surface area contributed by atoms with E-state index in [4.69, 9.17) is 9.47 Å². The SMILES string of the molecule is COc1ccc(CN(C(=O)C(C)(C)CCI)[C@H]2CC[C@H](NC(=O)OC(C)(C)C)CC2)cc1. The number of nitrogens with zero attached hydrogens (tertiary/aromatic N) is 1. The van der Waals surface area contributed by atoms with Crippen molar-refractivity contribution in [2.45, 2.75) is 91.0 Å². The van der Waals surface area contributed by atoms with Gasteiger partial charge in [-0.2, -0.15) is 0 Å². The van der Waals surface area contributed by atoms with Gasteiger partial charge in [0.15, 0.2) is 0 Å². The van der Waals surface area contributed by atoms with E-state index in [9.17, 15) is 9.59 Å². The summed E-state index contributed by atoms with van der Waals surface area (Å²) in [6.45, 7) is 10.3. The fourth-order valence-corrected chi connectivity index (χ4v) is 5.38. The fourth-order valence-electron chi connectivity index (χ4n) is 4.03. The van der Waals surface area contributed by atoms with Crippen LogP contribution in [0.2, 0.25) is 0 Å². The second-order valence-electron chi connectivity index (χ2n) is 10.3. The molecule has 1 aliphatic carbocycles. The maximum absolute atomic E-state index is 13.6. The summed E-state index contributed by atoms with van der Waals surface area (Å²) in [4.78, 5) is 27.8. The van der Waals surface area contributed by atoms with Gasteiger partial charge in [-0.25, -0.2) is 4.79 Å². The molecule has 0 unspecified atom stereocenters. The van der Waals surface area contributed by atoms with E-state index in [2.05, 4.69) is 32.8 Å². The Morgan fingerprint density at radius 3 is 2.16 bits per heavy atom. The number of amides is 2. The zero-order chi connectivity index (χ0) is 23.9. The number of benzene rings is 1. The van der Waals surface area contributed by atoms with E-state index < -0.39 is 11.0 Å². The molecule has 1 N–H and O–H groups in total. The second-order valence-corrected chi connectivity index (χ2v) is 11.3. The molecule has 1 fully saturated rings. The van der Waals surface area contributed by atoms with Crippen LogP contribution in [0.3, 0.4) is 0 Å². The number of nitrogens with one attached hydrogen (secondary N) is 1. The minimum absolute atomic E-state index is 0.0846. The summed E-state index contributed by atoms with van der Waals surface area (Å²) >= 11 is 2.34. The van der Waals surface area contributed by atoms with E-state index in [0.717, 1.165) is 47.8 Å². The maximum Gasteiger partial charge on any atom is 0.407 e. The van der Waals surface area contributed by atoms with Crippen LogP contribution in [-0.4, -0.2) is 46.1 Å². The maximum atomic E-state index is 13.6. The van der Waals surface area contributed by atoms with Crippen LogP contribution in [0.1, 0.15) is 72.3 Å². The molecule has 0 aliphatic heterocycles. The molecule has 0 saturated heterocycles. The summed E-state index contributed by atoms with van der Waals surface area (Å²) < 4.78 is 11.6. The van der Waals surface area contributed by atoms with E-state index in [-0.39, 0.29) is 24.1 Å². The third-order valence-electron chi connectivity index (χ3n) is 5.93. The van der Waals surface area contributed by atoms with Crippen molar-refractivity contribution in [3.8, 4) is 5.75 Å². The van der Waals surface area contributed by atoms with Gasteiger partial charge in [-0.1, -0.05) is 48.6 Å². The molecule has 0 aromatic heterocycles. The van der Waals surface area contributed by atoms with Gasteiger partial charge < -0.3 is 19.7 Å². The molecule has 1 aromatic rings. The van der Waals surface area contributed by atoms with Gasteiger partial charge in [-0.15, -0.1) is 0 Å². The third kappa shape index (κ3) is 8.12. The molecular weight excluding hydrogens is 519 g/mol. The molecule has 0 atom stereocenters. The summed E-state index contributed by atoms with van der Waals surface area (Å²) in [6, 6.07) is 8.18. The topological polar surface area (TPSA) is 67.9 Å². The Labute approximate surface area is 206 Å². The first-order valence-corrected chi connectivity index (χ1v) is 13.0. The number of rotatable bonds is 8. The molecule has 180 valence electrons. The molecule has 32 heavy (non-hydrogen) atoms. The number of carbonyl (C=O) groups excluding carboxylic acids is 2. The molecule has 1 saturated carbocycles. The summed E-state index contributed by atoms with van der Waals surface area (Å²) in [5.74, 6) is 1.01. The van der Waals surface area contributed by atoms with Crippen molar-refractivity contribution in [3.05, 3.63) is 29.8 Å².